The van der Waals surface area contributed by atoms with E-state index in [1.54, 1.807) is 30.3 Å². The molecule has 0 saturated carbocycles. The molecular formula is C17H11F4NO2S. The number of anilines is 1. The normalized spacial score (nSPS) is 12.3. The van der Waals surface area contributed by atoms with Crippen molar-refractivity contribution in [3.8, 4) is 0 Å². The summed E-state index contributed by atoms with van der Waals surface area (Å²) in [4.78, 5) is -0.108. The molecule has 3 aromatic carbocycles. The molecule has 0 aromatic heterocycles. The Bertz CT molecular complexity index is 1040. The third-order valence-electron chi connectivity index (χ3n) is 3.52. The molecule has 0 radical (unpaired) electrons. The summed E-state index contributed by atoms with van der Waals surface area (Å²) in [5, 5.41) is 1.06. The van der Waals surface area contributed by atoms with Crippen LogP contribution in [0.2, 0.25) is 0 Å². The third-order valence-corrected chi connectivity index (χ3v) is 4.96. The Morgan fingerprint density at radius 1 is 0.880 bits per heavy atom. The highest BCUT2D eigenvalue weighted by molar-refractivity contribution is 7.93. The largest absolute Gasteiger partial charge is 0.416 e. The molecule has 3 rings (SSSR count). The summed E-state index contributed by atoms with van der Waals surface area (Å²) in [5.74, 6) is -1.19. The molecular weight excluding hydrogens is 358 g/mol. The number of halogens is 4. The minimum absolute atomic E-state index is 0.108. The zero-order valence-corrected chi connectivity index (χ0v) is 13.3. The minimum atomic E-state index is -4.79. The van der Waals surface area contributed by atoms with Gasteiger partial charge in [0.1, 0.15) is 5.82 Å². The Morgan fingerprint density at radius 3 is 2.28 bits per heavy atom. The van der Waals surface area contributed by atoms with Gasteiger partial charge in [-0.3, -0.25) is 4.72 Å². The van der Waals surface area contributed by atoms with Gasteiger partial charge in [-0.15, -0.1) is 0 Å². The Labute approximate surface area is 141 Å². The van der Waals surface area contributed by atoms with Crippen molar-refractivity contribution in [1.82, 2.24) is 0 Å². The van der Waals surface area contributed by atoms with Crippen molar-refractivity contribution >= 4 is 26.5 Å². The van der Waals surface area contributed by atoms with E-state index in [2.05, 4.69) is 0 Å². The molecule has 0 fully saturated rings. The molecule has 0 heterocycles. The highest BCUT2D eigenvalue weighted by Crippen LogP contribution is 2.32. The molecule has 0 amide bonds. The van der Waals surface area contributed by atoms with E-state index in [0.29, 0.717) is 29.0 Å². The van der Waals surface area contributed by atoms with E-state index in [1.165, 1.54) is 12.1 Å². The fraction of sp³-hybridized carbons (Fsp3) is 0.0588. The molecule has 0 aliphatic heterocycles. The number of sulfonamides is 1. The Morgan fingerprint density at radius 2 is 1.56 bits per heavy atom. The number of hydrogen-bond acceptors (Lipinski definition) is 2. The zero-order chi connectivity index (χ0) is 18.2. The summed E-state index contributed by atoms with van der Waals surface area (Å²) >= 11 is 0. The number of nitrogens with one attached hydrogen (secondary N) is 1. The highest BCUT2D eigenvalue weighted by Gasteiger charge is 2.32. The maximum absolute atomic E-state index is 13.5. The number of rotatable bonds is 3. The summed E-state index contributed by atoms with van der Waals surface area (Å²) < 4.78 is 78.9. The van der Waals surface area contributed by atoms with Crippen LogP contribution >= 0.6 is 0 Å². The molecule has 8 heteroatoms. The lowest BCUT2D eigenvalue weighted by Crippen LogP contribution is -2.15. The van der Waals surface area contributed by atoms with Crippen LogP contribution in [0.1, 0.15) is 5.56 Å². The Hall–Kier alpha value is -2.61. The van der Waals surface area contributed by atoms with Gasteiger partial charge in [0.05, 0.1) is 16.1 Å². The maximum Gasteiger partial charge on any atom is 0.416 e. The monoisotopic (exact) mass is 369 g/mol. The van der Waals surface area contributed by atoms with Crippen LogP contribution in [0.3, 0.4) is 0 Å². The van der Waals surface area contributed by atoms with Crippen LogP contribution in [0, 0.1) is 5.82 Å². The van der Waals surface area contributed by atoms with Gasteiger partial charge in [0, 0.05) is 5.39 Å². The second-order valence-corrected chi connectivity index (χ2v) is 6.96. The summed E-state index contributed by atoms with van der Waals surface area (Å²) in [7, 11) is -4.20. The van der Waals surface area contributed by atoms with Gasteiger partial charge in [-0.2, -0.15) is 13.2 Å². The van der Waals surface area contributed by atoms with E-state index in [9.17, 15) is 26.0 Å². The van der Waals surface area contributed by atoms with E-state index < -0.39 is 33.3 Å². The van der Waals surface area contributed by atoms with Crippen molar-refractivity contribution in [3.05, 3.63) is 72.0 Å². The lowest BCUT2D eigenvalue weighted by molar-refractivity contribution is -0.137. The fourth-order valence-corrected chi connectivity index (χ4v) is 3.72. The van der Waals surface area contributed by atoms with Crippen molar-refractivity contribution < 1.29 is 26.0 Å². The van der Waals surface area contributed by atoms with Crippen LogP contribution in [0.5, 0.6) is 0 Å². The van der Waals surface area contributed by atoms with E-state index >= 15 is 0 Å². The molecule has 0 aliphatic rings. The highest BCUT2D eigenvalue weighted by atomic mass is 32.2. The van der Waals surface area contributed by atoms with Gasteiger partial charge in [-0.1, -0.05) is 36.4 Å². The van der Waals surface area contributed by atoms with Crippen molar-refractivity contribution in [2.24, 2.45) is 0 Å². The molecule has 0 bridgehead atoms. The van der Waals surface area contributed by atoms with E-state index in [-0.39, 0.29) is 4.90 Å². The molecule has 0 atom stereocenters. The second kappa shape index (κ2) is 6.03. The van der Waals surface area contributed by atoms with Crippen molar-refractivity contribution in [2.45, 2.75) is 11.1 Å². The van der Waals surface area contributed by atoms with Crippen LogP contribution in [0.4, 0.5) is 23.2 Å². The number of hydrogen-bond donors (Lipinski definition) is 1. The predicted octanol–water partition coefficient (Wildman–Crippen LogP) is 4.80. The van der Waals surface area contributed by atoms with Gasteiger partial charge in [0.25, 0.3) is 10.0 Å². The van der Waals surface area contributed by atoms with Crippen LogP contribution in [-0.4, -0.2) is 8.42 Å². The van der Waals surface area contributed by atoms with Crippen molar-refractivity contribution in [2.75, 3.05) is 4.72 Å². The molecule has 1 N–H and O–H groups in total. The molecule has 3 aromatic rings. The first-order valence-corrected chi connectivity index (χ1v) is 8.53. The molecule has 0 spiro atoms. The quantitative estimate of drug-likeness (QED) is 0.674. The van der Waals surface area contributed by atoms with Gasteiger partial charge in [-0.05, 0) is 29.7 Å². The van der Waals surface area contributed by atoms with Crippen molar-refractivity contribution in [1.29, 1.82) is 0 Å². The molecule has 130 valence electrons. The topological polar surface area (TPSA) is 46.2 Å². The van der Waals surface area contributed by atoms with Gasteiger partial charge in [-0.25, -0.2) is 12.8 Å². The van der Waals surface area contributed by atoms with Crippen LogP contribution < -0.4 is 4.72 Å². The van der Waals surface area contributed by atoms with Gasteiger partial charge < -0.3 is 0 Å². The number of benzene rings is 3. The molecule has 0 saturated heterocycles. The van der Waals surface area contributed by atoms with Gasteiger partial charge >= 0.3 is 6.18 Å². The van der Waals surface area contributed by atoms with Gasteiger partial charge in [0.2, 0.25) is 0 Å². The zero-order valence-electron chi connectivity index (χ0n) is 12.5. The van der Waals surface area contributed by atoms with Gasteiger partial charge in [0.15, 0.2) is 0 Å². The molecule has 3 nitrogen and oxygen atoms in total. The SMILES string of the molecule is O=S(=O)(Nc1cc(F)cc(C(F)(F)F)c1)c1cccc2ccccc12. The minimum Gasteiger partial charge on any atom is -0.279 e. The Balaban J connectivity index is 2.06. The smallest absolute Gasteiger partial charge is 0.279 e. The first-order valence-electron chi connectivity index (χ1n) is 7.05. The fourth-order valence-electron chi connectivity index (χ4n) is 2.45. The van der Waals surface area contributed by atoms with E-state index in [1.807, 2.05) is 4.72 Å². The van der Waals surface area contributed by atoms with Crippen molar-refractivity contribution in [3.63, 3.8) is 0 Å². The first-order chi connectivity index (χ1) is 11.7. The summed E-state index contributed by atoms with van der Waals surface area (Å²) in [6.45, 7) is 0. The van der Waals surface area contributed by atoms with Crippen LogP contribution in [-0.2, 0) is 16.2 Å². The van der Waals surface area contributed by atoms with Crippen LogP contribution in [0.25, 0.3) is 10.8 Å². The lowest BCUT2D eigenvalue weighted by Gasteiger charge is -2.13. The first kappa shape index (κ1) is 17.2. The van der Waals surface area contributed by atoms with E-state index in [4.69, 9.17) is 0 Å². The molecule has 0 aliphatic carbocycles. The van der Waals surface area contributed by atoms with E-state index in [0.717, 1.165) is 0 Å². The third kappa shape index (κ3) is 3.58. The predicted molar refractivity (Wildman–Crippen MR) is 86.2 cm³/mol. The number of alkyl halides is 3. The lowest BCUT2D eigenvalue weighted by atomic mass is 10.1. The van der Waals surface area contributed by atoms with Crippen LogP contribution in [0.15, 0.2) is 65.6 Å². The Kier molecular flexibility index (Phi) is 4.16. The maximum atomic E-state index is 13.5. The summed E-state index contributed by atoms with van der Waals surface area (Å²) in [5.41, 5.74) is -1.77. The summed E-state index contributed by atoms with van der Waals surface area (Å²) in [6.07, 6.45) is -4.79. The average molecular weight is 369 g/mol. The number of fused-ring (bicyclic) bond motifs is 1. The molecule has 0 unspecified atom stereocenters. The average Bonchev–Trinajstić information content (AvgIpc) is 2.52. The second-order valence-electron chi connectivity index (χ2n) is 5.31. The summed E-state index contributed by atoms with van der Waals surface area (Å²) in [6, 6.07) is 12.8. The molecule has 25 heavy (non-hydrogen) atoms. The standard InChI is InChI=1S/C17H11F4NO2S/c18-13-8-12(17(19,20)21)9-14(10-13)22-25(23,24)16-7-3-5-11-4-1-2-6-15(11)16/h1-10,22H.